The van der Waals surface area contributed by atoms with E-state index in [0.29, 0.717) is 42.0 Å². The Bertz CT molecular complexity index is 586. The van der Waals surface area contributed by atoms with Crippen LogP contribution in [0, 0.1) is 0 Å². The lowest BCUT2D eigenvalue weighted by atomic mass is 10.2. The summed E-state index contributed by atoms with van der Waals surface area (Å²) in [4.78, 5) is 27.2. The van der Waals surface area contributed by atoms with Crippen LogP contribution < -0.4 is 10.2 Å². The summed E-state index contributed by atoms with van der Waals surface area (Å²) in [6.45, 7) is 4.38. The third kappa shape index (κ3) is 5.34. The van der Waals surface area contributed by atoms with E-state index in [0.717, 1.165) is 4.90 Å². The number of rotatable bonds is 5. The van der Waals surface area contributed by atoms with Crippen molar-refractivity contribution in [1.82, 2.24) is 4.90 Å². The van der Waals surface area contributed by atoms with Crippen molar-refractivity contribution in [3.63, 3.8) is 0 Å². The first-order valence-corrected chi connectivity index (χ1v) is 8.57. The first kappa shape index (κ1) is 19.0. The van der Waals surface area contributed by atoms with Gasteiger partial charge < -0.3 is 19.9 Å². The van der Waals surface area contributed by atoms with Crippen LogP contribution in [0.4, 0.5) is 5.69 Å². The molecule has 1 aromatic rings. The number of carbonyl (C=O) groups is 2. The van der Waals surface area contributed by atoms with E-state index in [2.05, 4.69) is 5.32 Å². The molecular formula is C16H22Cl2N3O3+. The molecule has 1 aromatic carbocycles. The molecule has 8 heteroatoms. The number of nitrogens with one attached hydrogen (secondary N) is 2. The number of morpholine rings is 1. The van der Waals surface area contributed by atoms with Gasteiger partial charge in [-0.3, -0.25) is 9.59 Å². The highest BCUT2D eigenvalue weighted by molar-refractivity contribution is 6.35. The first-order chi connectivity index (χ1) is 11.4. The predicted molar refractivity (Wildman–Crippen MR) is 93.7 cm³/mol. The van der Waals surface area contributed by atoms with Crippen LogP contribution in [0.3, 0.4) is 0 Å². The number of quaternary nitrogens is 1. The van der Waals surface area contributed by atoms with Crippen molar-refractivity contribution in [2.45, 2.75) is 13.0 Å². The Morgan fingerprint density at radius 3 is 2.42 bits per heavy atom. The Morgan fingerprint density at radius 2 is 1.83 bits per heavy atom. The minimum absolute atomic E-state index is 0.0289. The second-order valence-electron chi connectivity index (χ2n) is 5.89. The standard InChI is InChI=1S/C16H21Cl2N3O3/c1-11(16(23)19-14-8-12(17)7-13(18)9-14)20(2)10-15(22)21-3-5-24-6-4-21/h7-9,11H,3-6,10H2,1-2H3,(H,19,23)/p+1/t11-/m0/s1. The molecule has 0 saturated carbocycles. The Labute approximate surface area is 151 Å². The summed E-state index contributed by atoms with van der Waals surface area (Å²) in [7, 11) is 1.83. The molecule has 132 valence electrons. The molecule has 1 saturated heterocycles. The van der Waals surface area contributed by atoms with Gasteiger partial charge in [-0.15, -0.1) is 0 Å². The minimum Gasteiger partial charge on any atom is -0.378 e. The lowest BCUT2D eigenvalue weighted by molar-refractivity contribution is -0.886. The van der Waals surface area contributed by atoms with Gasteiger partial charge in [0.05, 0.1) is 20.3 Å². The van der Waals surface area contributed by atoms with Crippen LogP contribution >= 0.6 is 23.2 Å². The summed E-state index contributed by atoms with van der Waals surface area (Å²) < 4.78 is 5.24. The van der Waals surface area contributed by atoms with Gasteiger partial charge >= 0.3 is 0 Å². The second kappa shape index (κ2) is 8.67. The third-order valence-corrected chi connectivity index (χ3v) is 4.49. The highest BCUT2D eigenvalue weighted by Crippen LogP contribution is 2.22. The summed E-state index contributed by atoms with van der Waals surface area (Å²) in [6.07, 6.45) is 0. The molecule has 2 N–H and O–H groups in total. The highest BCUT2D eigenvalue weighted by atomic mass is 35.5. The SMILES string of the molecule is C[C@@H](C(=O)Nc1cc(Cl)cc(Cl)c1)[NH+](C)CC(=O)N1CCOCC1. The molecule has 0 bridgehead atoms. The van der Waals surface area contributed by atoms with Crippen LogP contribution in [-0.4, -0.2) is 62.7 Å². The van der Waals surface area contributed by atoms with Gasteiger partial charge in [-0.25, -0.2) is 0 Å². The van der Waals surface area contributed by atoms with Gasteiger partial charge in [0.15, 0.2) is 12.6 Å². The van der Waals surface area contributed by atoms with Gasteiger partial charge in [0.2, 0.25) is 0 Å². The normalized spacial score (nSPS) is 17.2. The number of hydrogen-bond acceptors (Lipinski definition) is 3. The van der Waals surface area contributed by atoms with Gasteiger partial charge in [-0.1, -0.05) is 23.2 Å². The third-order valence-electron chi connectivity index (χ3n) is 4.06. The summed E-state index contributed by atoms with van der Waals surface area (Å²) in [6, 6.07) is 4.46. The molecule has 0 spiro atoms. The van der Waals surface area contributed by atoms with Gasteiger partial charge in [0.1, 0.15) is 0 Å². The van der Waals surface area contributed by atoms with E-state index in [-0.39, 0.29) is 18.4 Å². The Balaban J connectivity index is 1.90. The number of benzene rings is 1. The monoisotopic (exact) mass is 374 g/mol. The molecule has 2 atom stereocenters. The van der Waals surface area contributed by atoms with E-state index in [1.54, 1.807) is 30.0 Å². The van der Waals surface area contributed by atoms with Crippen molar-refractivity contribution < 1.29 is 19.2 Å². The molecule has 24 heavy (non-hydrogen) atoms. The fourth-order valence-electron chi connectivity index (χ4n) is 2.42. The summed E-state index contributed by atoms with van der Waals surface area (Å²) in [5.41, 5.74) is 0.539. The molecule has 1 unspecified atom stereocenters. The molecule has 1 fully saturated rings. The van der Waals surface area contributed by atoms with Gasteiger partial charge in [-0.05, 0) is 25.1 Å². The summed E-state index contributed by atoms with van der Waals surface area (Å²) in [5, 5.41) is 3.69. The molecule has 0 aliphatic carbocycles. The molecule has 0 aromatic heterocycles. The lowest BCUT2D eigenvalue weighted by Gasteiger charge is -2.28. The van der Waals surface area contributed by atoms with Crippen molar-refractivity contribution in [2.24, 2.45) is 0 Å². The van der Waals surface area contributed by atoms with Crippen molar-refractivity contribution in [3.8, 4) is 0 Å². The van der Waals surface area contributed by atoms with E-state index >= 15 is 0 Å². The van der Waals surface area contributed by atoms with Crippen molar-refractivity contribution in [2.75, 3.05) is 45.2 Å². The second-order valence-corrected chi connectivity index (χ2v) is 6.76. The molecule has 1 aliphatic heterocycles. The number of halogens is 2. The zero-order valence-electron chi connectivity index (χ0n) is 13.8. The molecule has 2 amide bonds. The van der Waals surface area contributed by atoms with Gasteiger partial charge in [0.25, 0.3) is 11.8 Å². The number of carbonyl (C=O) groups excluding carboxylic acids is 2. The molecular weight excluding hydrogens is 353 g/mol. The predicted octanol–water partition coefficient (Wildman–Crippen LogP) is 0.694. The van der Waals surface area contributed by atoms with Crippen LogP contribution in [0.2, 0.25) is 10.0 Å². The smallest absolute Gasteiger partial charge is 0.282 e. The molecule has 6 nitrogen and oxygen atoms in total. The van der Waals surface area contributed by atoms with Crippen LogP contribution in [0.15, 0.2) is 18.2 Å². The van der Waals surface area contributed by atoms with Crippen molar-refractivity contribution in [3.05, 3.63) is 28.2 Å². The molecule has 2 rings (SSSR count). The molecule has 0 radical (unpaired) electrons. The maximum Gasteiger partial charge on any atom is 0.282 e. The largest absolute Gasteiger partial charge is 0.378 e. The lowest BCUT2D eigenvalue weighted by Crippen LogP contribution is -3.15. The van der Waals surface area contributed by atoms with Gasteiger partial charge in [-0.2, -0.15) is 0 Å². The van der Waals surface area contributed by atoms with Crippen LogP contribution in [0.1, 0.15) is 6.92 Å². The maximum absolute atomic E-state index is 12.4. The van der Waals surface area contributed by atoms with Crippen LogP contribution in [-0.2, 0) is 14.3 Å². The average molecular weight is 375 g/mol. The van der Waals surface area contributed by atoms with Crippen LogP contribution in [0.5, 0.6) is 0 Å². The number of nitrogens with zero attached hydrogens (tertiary/aromatic N) is 1. The average Bonchev–Trinajstić information content (AvgIpc) is 2.53. The molecule has 1 heterocycles. The number of anilines is 1. The number of hydrogen-bond donors (Lipinski definition) is 2. The van der Waals surface area contributed by atoms with E-state index in [4.69, 9.17) is 27.9 Å². The summed E-state index contributed by atoms with van der Waals surface area (Å²) in [5.74, 6) is -0.165. The fraction of sp³-hybridized carbons (Fsp3) is 0.500. The Kier molecular flexibility index (Phi) is 6.86. The van der Waals surface area contributed by atoms with E-state index in [1.807, 2.05) is 7.05 Å². The fourth-order valence-corrected chi connectivity index (χ4v) is 2.94. The zero-order chi connectivity index (χ0) is 17.7. The number of amides is 2. The van der Waals surface area contributed by atoms with E-state index in [1.165, 1.54) is 0 Å². The topological polar surface area (TPSA) is 63.1 Å². The van der Waals surface area contributed by atoms with Crippen molar-refractivity contribution >= 4 is 40.7 Å². The molecule has 1 aliphatic rings. The van der Waals surface area contributed by atoms with Crippen molar-refractivity contribution in [1.29, 1.82) is 0 Å². The van der Waals surface area contributed by atoms with E-state index in [9.17, 15) is 9.59 Å². The van der Waals surface area contributed by atoms with E-state index < -0.39 is 6.04 Å². The first-order valence-electron chi connectivity index (χ1n) is 7.81. The number of ether oxygens (including phenoxy) is 1. The van der Waals surface area contributed by atoms with Crippen LogP contribution in [0.25, 0.3) is 0 Å². The quantitative estimate of drug-likeness (QED) is 0.796. The zero-order valence-corrected chi connectivity index (χ0v) is 15.3. The summed E-state index contributed by atoms with van der Waals surface area (Å²) >= 11 is 11.9. The highest BCUT2D eigenvalue weighted by Gasteiger charge is 2.27. The van der Waals surface area contributed by atoms with Gasteiger partial charge in [0, 0.05) is 28.8 Å². The number of likely N-dealkylation sites (N-methyl/N-ethyl adjacent to an activating group) is 1. The minimum atomic E-state index is -0.396. The maximum atomic E-state index is 12.4. The Hall–Kier alpha value is -1.34. The Morgan fingerprint density at radius 1 is 1.25 bits per heavy atom.